The fraction of sp³-hybridized carbons (Fsp3) is 0.235. The smallest absolute Gasteiger partial charge is 0.319 e. The summed E-state index contributed by atoms with van der Waals surface area (Å²) in [6.07, 6.45) is -0.196. The number of carbonyl (C=O) groups is 1. The van der Waals surface area contributed by atoms with Crippen molar-refractivity contribution in [2.75, 3.05) is 19.0 Å². The van der Waals surface area contributed by atoms with Gasteiger partial charge < -0.3 is 15.4 Å². The standard InChI is InChI=1S/C17H19ClN2O2/c1-12-7-3-4-8-13(12)16(22-2)11-19-17(21)20-15-10-6-5-9-14(15)18/h3-10,16H,11H2,1-2H3,(H2,19,20,21). The van der Waals surface area contributed by atoms with Crippen molar-refractivity contribution in [3.8, 4) is 0 Å². The summed E-state index contributed by atoms with van der Waals surface area (Å²) in [5.74, 6) is 0. The fourth-order valence-corrected chi connectivity index (χ4v) is 2.37. The number of para-hydroxylation sites is 1. The molecule has 1 unspecified atom stereocenters. The van der Waals surface area contributed by atoms with Gasteiger partial charge in [-0.15, -0.1) is 0 Å². The number of ether oxygens (including phenoxy) is 1. The second-order valence-corrected chi connectivity index (χ2v) is 5.30. The zero-order chi connectivity index (χ0) is 15.9. The summed E-state index contributed by atoms with van der Waals surface area (Å²) in [6.45, 7) is 2.39. The minimum atomic E-state index is -0.316. The zero-order valence-electron chi connectivity index (χ0n) is 12.6. The molecule has 116 valence electrons. The third-order valence-electron chi connectivity index (χ3n) is 3.39. The van der Waals surface area contributed by atoms with Gasteiger partial charge in [-0.1, -0.05) is 48.0 Å². The Labute approximate surface area is 135 Å². The molecule has 0 spiro atoms. The van der Waals surface area contributed by atoms with Gasteiger partial charge in [0, 0.05) is 13.7 Å². The van der Waals surface area contributed by atoms with Gasteiger partial charge in [0.2, 0.25) is 0 Å². The molecular formula is C17H19ClN2O2. The average Bonchev–Trinajstić information content (AvgIpc) is 2.52. The molecule has 0 aliphatic carbocycles. The van der Waals surface area contributed by atoms with E-state index in [1.54, 1.807) is 19.2 Å². The Morgan fingerprint density at radius 3 is 2.55 bits per heavy atom. The van der Waals surface area contributed by atoms with Crippen LogP contribution in [0.5, 0.6) is 0 Å². The van der Waals surface area contributed by atoms with Crippen LogP contribution in [-0.2, 0) is 4.74 Å². The Hall–Kier alpha value is -2.04. The van der Waals surface area contributed by atoms with Crippen molar-refractivity contribution in [3.63, 3.8) is 0 Å². The number of aryl methyl sites for hydroxylation is 1. The Morgan fingerprint density at radius 1 is 1.18 bits per heavy atom. The number of anilines is 1. The molecule has 0 radical (unpaired) electrons. The maximum Gasteiger partial charge on any atom is 0.319 e. The van der Waals surface area contributed by atoms with Crippen LogP contribution in [-0.4, -0.2) is 19.7 Å². The number of amides is 2. The van der Waals surface area contributed by atoms with E-state index in [2.05, 4.69) is 10.6 Å². The SMILES string of the molecule is COC(CNC(=O)Nc1ccccc1Cl)c1ccccc1C. The summed E-state index contributed by atoms with van der Waals surface area (Å²) in [5, 5.41) is 6.02. The first-order valence-corrected chi connectivity index (χ1v) is 7.37. The first kappa shape index (κ1) is 16.3. The highest BCUT2D eigenvalue weighted by atomic mass is 35.5. The first-order valence-electron chi connectivity index (χ1n) is 6.99. The lowest BCUT2D eigenvalue weighted by Crippen LogP contribution is -2.33. The molecule has 0 fully saturated rings. The summed E-state index contributed by atoms with van der Waals surface area (Å²) >= 11 is 6.01. The van der Waals surface area contributed by atoms with E-state index >= 15 is 0 Å². The minimum Gasteiger partial charge on any atom is -0.375 e. The van der Waals surface area contributed by atoms with Gasteiger partial charge in [-0.2, -0.15) is 0 Å². The van der Waals surface area contributed by atoms with E-state index in [-0.39, 0.29) is 12.1 Å². The van der Waals surface area contributed by atoms with Crippen LogP contribution in [0.3, 0.4) is 0 Å². The molecule has 0 aliphatic rings. The molecule has 4 nitrogen and oxygen atoms in total. The predicted octanol–water partition coefficient (Wildman–Crippen LogP) is 4.16. The highest BCUT2D eigenvalue weighted by Crippen LogP contribution is 2.21. The predicted molar refractivity (Wildman–Crippen MR) is 89.4 cm³/mol. The quantitative estimate of drug-likeness (QED) is 0.869. The summed E-state index contributed by atoms with van der Waals surface area (Å²) < 4.78 is 5.47. The van der Waals surface area contributed by atoms with Crippen LogP contribution in [0.1, 0.15) is 17.2 Å². The highest BCUT2D eigenvalue weighted by molar-refractivity contribution is 6.33. The second-order valence-electron chi connectivity index (χ2n) is 4.90. The molecule has 0 aromatic heterocycles. The summed E-state index contributed by atoms with van der Waals surface area (Å²) in [6, 6.07) is 14.7. The van der Waals surface area contributed by atoms with E-state index < -0.39 is 0 Å². The number of hydrogen-bond donors (Lipinski definition) is 2. The van der Waals surface area contributed by atoms with E-state index in [0.29, 0.717) is 17.3 Å². The highest BCUT2D eigenvalue weighted by Gasteiger charge is 2.14. The molecule has 2 amide bonds. The normalized spacial score (nSPS) is 11.8. The lowest BCUT2D eigenvalue weighted by Gasteiger charge is -2.19. The Morgan fingerprint density at radius 2 is 1.86 bits per heavy atom. The van der Waals surface area contributed by atoms with Crippen molar-refractivity contribution in [2.45, 2.75) is 13.0 Å². The van der Waals surface area contributed by atoms with Gasteiger partial charge in [0.05, 0.1) is 16.8 Å². The first-order chi connectivity index (χ1) is 10.6. The third kappa shape index (κ3) is 4.23. The van der Waals surface area contributed by atoms with Gasteiger partial charge in [-0.05, 0) is 30.2 Å². The van der Waals surface area contributed by atoms with Crippen molar-refractivity contribution < 1.29 is 9.53 Å². The van der Waals surface area contributed by atoms with E-state index in [1.807, 2.05) is 43.3 Å². The fourth-order valence-electron chi connectivity index (χ4n) is 2.18. The maximum atomic E-state index is 12.0. The van der Waals surface area contributed by atoms with Gasteiger partial charge in [0.1, 0.15) is 0 Å². The van der Waals surface area contributed by atoms with Gasteiger partial charge in [0.15, 0.2) is 0 Å². The van der Waals surface area contributed by atoms with E-state index in [9.17, 15) is 4.79 Å². The molecule has 2 N–H and O–H groups in total. The van der Waals surface area contributed by atoms with Crippen LogP contribution in [0, 0.1) is 6.92 Å². The molecule has 2 aromatic rings. The molecule has 0 bridgehead atoms. The van der Waals surface area contributed by atoms with Crippen molar-refractivity contribution in [3.05, 3.63) is 64.7 Å². The molecule has 2 aromatic carbocycles. The number of carbonyl (C=O) groups excluding carboxylic acids is 1. The van der Waals surface area contributed by atoms with Crippen LogP contribution in [0.4, 0.5) is 10.5 Å². The van der Waals surface area contributed by atoms with Gasteiger partial charge >= 0.3 is 6.03 Å². The molecule has 22 heavy (non-hydrogen) atoms. The lowest BCUT2D eigenvalue weighted by atomic mass is 10.0. The Bertz CT molecular complexity index is 646. The van der Waals surface area contributed by atoms with Crippen molar-refractivity contribution in [1.82, 2.24) is 5.32 Å². The van der Waals surface area contributed by atoms with E-state index in [0.717, 1.165) is 11.1 Å². The Balaban J connectivity index is 1.95. The average molecular weight is 319 g/mol. The van der Waals surface area contributed by atoms with Gasteiger partial charge in [0.25, 0.3) is 0 Å². The molecule has 1 atom stereocenters. The molecule has 0 saturated carbocycles. The van der Waals surface area contributed by atoms with Crippen molar-refractivity contribution in [2.24, 2.45) is 0 Å². The van der Waals surface area contributed by atoms with Crippen LogP contribution in [0.15, 0.2) is 48.5 Å². The third-order valence-corrected chi connectivity index (χ3v) is 3.72. The summed E-state index contributed by atoms with van der Waals surface area (Å²) in [5.41, 5.74) is 2.76. The van der Waals surface area contributed by atoms with Crippen molar-refractivity contribution >= 4 is 23.3 Å². The van der Waals surface area contributed by atoms with Crippen LogP contribution >= 0.6 is 11.6 Å². The topological polar surface area (TPSA) is 50.4 Å². The molecule has 5 heteroatoms. The van der Waals surface area contributed by atoms with E-state index in [4.69, 9.17) is 16.3 Å². The number of hydrogen-bond acceptors (Lipinski definition) is 2. The van der Waals surface area contributed by atoms with Gasteiger partial charge in [-0.25, -0.2) is 4.79 Å². The molecular weight excluding hydrogens is 300 g/mol. The number of benzene rings is 2. The monoisotopic (exact) mass is 318 g/mol. The molecule has 0 heterocycles. The second kappa shape index (κ2) is 7.82. The maximum absolute atomic E-state index is 12.0. The minimum absolute atomic E-state index is 0.196. The summed E-state index contributed by atoms with van der Waals surface area (Å²) in [4.78, 5) is 12.0. The number of nitrogens with one attached hydrogen (secondary N) is 2. The lowest BCUT2D eigenvalue weighted by molar-refractivity contribution is 0.104. The van der Waals surface area contributed by atoms with Crippen LogP contribution in [0.2, 0.25) is 5.02 Å². The van der Waals surface area contributed by atoms with Crippen LogP contribution in [0.25, 0.3) is 0 Å². The van der Waals surface area contributed by atoms with E-state index in [1.165, 1.54) is 0 Å². The molecule has 2 rings (SSSR count). The number of urea groups is 1. The van der Waals surface area contributed by atoms with Gasteiger partial charge in [-0.3, -0.25) is 0 Å². The van der Waals surface area contributed by atoms with Crippen LogP contribution < -0.4 is 10.6 Å². The zero-order valence-corrected chi connectivity index (χ0v) is 13.4. The molecule has 0 aliphatic heterocycles. The number of methoxy groups -OCH3 is 1. The summed E-state index contributed by atoms with van der Waals surface area (Å²) in [7, 11) is 1.63. The number of halogens is 1. The van der Waals surface area contributed by atoms with Crippen molar-refractivity contribution in [1.29, 1.82) is 0 Å². The number of rotatable bonds is 5. The Kier molecular flexibility index (Phi) is 5.81. The molecule has 0 saturated heterocycles. The largest absolute Gasteiger partial charge is 0.375 e.